The highest BCUT2D eigenvalue weighted by atomic mass is 16.4. The number of carbonyl (C=O) groups excluding carboxylic acids is 2. The summed E-state index contributed by atoms with van der Waals surface area (Å²) in [6, 6.07) is 18.9. The zero-order valence-electron chi connectivity index (χ0n) is 21.0. The normalized spacial score (nSPS) is 11.2. The number of rotatable bonds is 19. The quantitative estimate of drug-likeness (QED) is 0.227. The predicted molar refractivity (Wildman–Crippen MR) is 139 cm³/mol. The highest BCUT2D eigenvalue weighted by Crippen LogP contribution is 2.37. The van der Waals surface area contributed by atoms with Crippen molar-refractivity contribution >= 4 is 23.5 Å². The number of carboxylic acid groups (broad SMARTS) is 2. The average molecular weight is 495 g/mol. The Morgan fingerprint density at radius 2 is 1.06 bits per heavy atom. The van der Waals surface area contributed by atoms with E-state index in [1.54, 1.807) is 30.3 Å². The second-order valence-electron chi connectivity index (χ2n) is 9.62. The molecule has 0 aliphatic heterocycles. The van der Waals surface area contributed by atoms with E-state index < -0.39 is 17.4 Å². The molecule has 2 aromatic rings. The molecule has 6 heteroatoms. The molecule has 0 saturated heterocycles. The van der Waals surface area contributed by atoms with Crippen molar-refractivity contribution in [2.24, 2.45) is 0 Å². The summed E-state index contributed by atoms with van der Waals surface area (Å²) in [5.74, 6) is -1.86. The van der Waals surface area contributed by atoms with Crippen molar-refractivity contribution in [2.75, 3.05) is 0 Å². The molecular weight excluding hydrogens is 456 g/mol. The molecule has 0 fully saturated rings. The first kappa shape index (κ1) is 29.0. The average Bonchev–Trinajstić information content (AvgIpc) is 2.85. The lowest BCUT2D eigenvalue weighted by molar-refractivity contribution is -0.142. The van der Waals surface area contributed by atoms with Gasteiger partial charge < -0.3 is 10.2 Å². The van der Waals surface area contributed by atoms with Gasteiger partial charge in [0.15, 0.2) is 0 Å². The number of carbonyl (C=O) groups is 4. The minimum Gasteiger partial charge on any atom is -0.481 e. The summed E-state index contributed by atoms with van der Waals surface area (Å²) in [5.41, 5.74) is 0.771. The maximum absolute atomic E-state index is 12.5. The number of aliphatic carboxylic acids is 2. The van der Waals surface area contributed by atoms with E-state index in [2.05, 4.69) is 12.1 Å². The van der Waals surface area contributed by atoms with Crippen LogP contribution in [0.2, 0.25) is 0 Å². The van der Waals surface area contributed by atoms with Crippen molar-refractivity contribution in [1.29, 1.82) is 0 Å². The number of ketones is 2. The summed E-state index contributed by atoms with van der Waals surface area (Å²) in [7, 11) is 0. The van der Waals surface area contributed by atoms with E-state index in [9.17, 15) is 29.4 Å². The number of Topliss-reactive ketones (excluding diaryl/α,β-unsaturated/α-hetero) is 2. The van der Waals surface area contributed by atoms with Gasteiger partial charge in [0.25, 0.3) is 0 Å². The van der Waals surface area contributed by atoms with Gasteiger partial charge in [0.1, 0.15) is 11.6 Å². The third kappa shape index (κ3) is 11.0. The molecule has 0 heterocycles. The first-order valence-corrected chi connectivity index (χ1v) is 12.9. The molecule has 0 atom stereocenters. The molecule has 0 aromatic heterocycles. The molecule has 0 spiro atoms. The maximum Gasteiger partial charge on any atom is 0.304 e. The Kier molecular flexibility index (Phi) is 12.6. The van der Waals surface area contributed by atoms with E-state index in [0.717, 1.165) is 38.5 Å². The molecular formula is C30H38O6. The van der Waals surface area contributed by atoms with E-state index in [0.29, 0.717) is 24.8 Å². The summed E-state index contributed by atoms with van der Waals surface area (Å²) < 4.78 is 0. The number of unbranched alkanes of at least 4 members (excludes halogenated alkanes) is 3. The summed E-state index contributed by atoms with van der Waals surface area (Å²) in [4.78, 5) is 47.7. The minimum atomic E-state index is -1.12. The van der Waals surface area contributed by atoms with Gasteiger partial charge >= 0.3 is 11.9 Å². The SMILES string of the molecule is O=C(O)CC(CCC(=O)CCCCCCC(=O)CCCc1ccccc1)(CC(=O)O)c1ccccc1. The van der Waals surface area contributed by atoms with Crippen molar-refractivity contribution in [2.45, 2.75) is 88.9 Å². The van der Waals surface area contributed by atoms with Gasteiger partial charge in [0.05, 0.1) is 12.8 Å². The lowest BCUT2D eigenvalue weighted by atomic mass is 9.71. The van der Waals surface area contributed by atoms with Gasteiger partial charge in [-0.15, -0.1) is 0 Å². The molecule has 0 radical (unpaired) electrons. The summed E-state index contributed by atoms with van der Waals surface area (Å²) in [6.07, 6.45) is 6.30. The van der Waals surface area contributed by atoms with Gasteiger partial charge in [0.2, 0.25) is 0 Å². The van der Waals surface area contributed by atoms with Crippen LogP contribution in [0.5, 0.6) is 0 Å². The van der Waals surface area contributed by atoms with Crippen LogP contribution in [0.1, 0.15) is 88.2 Å². The molecule has 0 amide bonds. The Hall–Kier alpha value is -3.28. The first-order chi connectivity index (χ1) is 17.3. The molecule has 36 heavy (non-hydrogen) atoms. The second-order valence-corrected chi connectivity index (χ2v) is 9.62. The maximum atomic E-state index is 12.5. The lowest BCUT2D eigenvalue weighted by Crippen LogP contribution is -2.33. The van der Waals surface area contributed by atoms with Crippen LogP contribution in [0.25, 0.3) is 0 Å². The van der Waals surface area contributed by atoms with Crippen molar-refractivity contribution in [1.82, 2.24) is 0 Å². The Bertz CT molecular complexity index is 951. The van der Waals surface area contributed by atoms with Crippen LogP contribution in [-0.2, 0) is 31.0 Å². The fourth-order valence-electron chi connectivity index (χ4n) is 4.72. The molecule has 0 bridgehead atoms. The Morgan fingerprint density at radius 1 is 0.583 bits per heavy atom. The lowest BCUT2D eigenvalue weighted by Gasteiger charge is -2.31. The fraction of sp³-hybridized carbons (Fsp3) is 0.467. The summed E-state index contributed by atoms with van der Waals surface area (Å²) in [5, 5.41) is 18.9. The van der Waals surface area contributed by atoms with Crippen LogP contribution >= 0.6 is 0 Å². The van der Waals surface area contributed by atoms with Crippen LogP contribution in [0.3, 0.4) is 0 Å². The Morgan fingerprint density at radius 3 is 1.58 bits per heavy atom. The zero-order valence-corrected chi connectivity index (χ0v) is 21.0. The van der Waals surface area contributed by atoms with E-state index in [1.807, 2.05) is 18.2 Å². The van der Waals surface area contributed by atoms with Crippen LogP contribution in [0, 0.1) is 0 Å². The number of hydrogen-bond donors (Lipinski definition) is 2. The topological polar surface area (TPSA) is 109 Å². The van der Waals surface area contributed by atoms with Gasteiger partial charge in [-0.05, 0) is 43.2 Å². The van der Waals surface area contributed by atoms with E-state index in [4.69, 9.17) is 0 Å². The number of benzene rings is 2. The van der Waals surface area contributed by atoms with Crippen LogP contribution in [-0.4, -0.2) is 33.7 Å². The Balaban J connectivity index is 1.68. The zero-order chi connectivity index (χ0) is 26.2. The molecule has 2 rings (SSSR count). The van der Waals surface area contributed by atoms with Gasteiger partial charge in [-0.25, -0.2) is 0 Å². The van der Waals surface area contributed by atoms with Crippen LogP contribution < -0.4 is 0 Å². The van der Waals surface area contributed by atoms with Crippen LogP contribution in [0.15, 0.2) is 60.7 Å². The van der Waals surface area contributed by atoms with Crippen molar-refractivity contribution in [3.05, 3.63) is 71.8 Å². The molecule has 0 saturated carbocycles. The summed E-state index contributed by atoms with van der Waals surface area (Å²) >= 11 is 0. The molecule has 2 N–H and O–H groups in total. The largest absolute Gasteiger partial charge is 0.481 e. The number of carboxylic acids is 2. The van der Waals surface area contributed by atoms with Crippen LogP contribution in [0.4, 0.5) is 0 Å². The second kappa shape index (κ2) is 15.7. The van der Waals surface area contributed by atoms with E-state index in [1.165, 1.54) is 5.56 Å². The van der Waals surface area contributed by atoms with Gasteiger partial charge in [0, 0.05) is 31.1 Å². The van der Waals surface area contributed by atoms with Crippen molar-refractivity contribution in [3.8, 4) is 0 Å². The third-order valence-corrected chi connectivity index (χ3v) is 6.67. The predicted octanol–water partition coefficient (Wildman–Crippen LogP) is 6.16. The minimum absolute atomic E-state index is 0.0167. The van der Waals surface area contributed by atoms with Gasteiger partial charge in [-0.1, -0.05) is 73.5 Å². The van der Waals surface area contributed by atoms with Gasteiger partial charge in [-0.2, -0.15) is 0 Å². The Labute approximate surface area is 213 Å². The highest BCUT2D eigenvalue weighted by Gasteiger charge is 2.37. The molecule has 6 nitrogen and oxygen atoms in total. The standard InChI is InChI=1S/C30H38O6/c31-26(19-11-14-24-12-5-3-6-13-24)17-9-1-2-10-18-27(32)20-21-30(22-28(33)34,23-29(35)36)25-15-7-4-8-16-25/h3-8,12-13,15-16H,1-2,9-11,14,17-23H2,(H,33,34)(H,35,36). The van der Waals surface area contributed by atoms with Gasteiger partial charge in [-0.3, -0.25) is 19.2 Å². The monoisotopic (exact) mass is 494 g/mol. The first-order valence-electron chi connectivity index (χ1n) is 12.9. The molecule has 194 valence electrons. The molecule has 0 unspecified atom stereocenters. The number of aryl methyl sites for hydroxylation is 1. The van der Waals surface area contributed by atoms with Crippen molar-refractivity contribution < 1.29 is 29.4 Å². The van der Waals surface area contributed by atoms with E-state index >= 15 is 0 Å². The third-order valence-electron chi connectivity index (χ3n) is 6.67. The highest BCUT2D eigenvalue weighted by molar-refractivity contribution is 5.79. The fourth-order valence-corrected chi connectivity index (χ4v) is 4.72. The smallest absolute Gasteiger partial charge is 0.304 e. The molecule has 0 aliphatic rings. The number of hydrogen-bond acceptors (Lipinski definition) is 4. The van der Waals surface area contributed by atoms with Crippen molar-refractivity contribution in [3.63, 3.8) is 0 Å². The summed E-state index contributed by atoms with van der Waals surface area (Å²) in [6.45, 7) is 0. The van der Waals surface area contributed by atoms with E-state index in [-0.39, 0.29) is 37.2 Å². The molecule has 0 aliphatic carbocycles. The molecule has 2 aromatic carbocycles.